The molecule has 0 saturated heterocycles. The Labute approximate surface area is 104 Å². The van der Waals surface area contributed by atoms with Crippen LogP contribution in [0.25, 0.3) is 0 Å². The van der Waals surface area contributed by atoms with Crippen molar-refractivity contribution in [1.29, 1.82) is 0 Å². The van der Waals surface area contributed by atoms with E-state index in [2.05, 4.69) is 4.74 Å². The van der Waals surface area contributed by atoms with Gasteiger partial charge < -0.3 is 9.84 Å². The monoisotopic (exact) mass is 250 g/mol. The zero-order chi connectivity index (χ0) is 13.7. The van der Waals surface area contributed by atoms with Crippen LogP contribution in [-0.2, 0) is 14.3 Å². The Kier molecular flexibility index (Phi) is 4.59. The van der Waals surface area contributed by atoms with E-state index in [0.29, 0.717) is 0 Å². The van der Waals surface area contributed by atoms with Gasteiger partial charge in [-0.15, -0.1) is 0 Å². The number of phenolic OH excluding ortho intramolecular Hbond substituents is 1. The van der Waals surface area contributed by atoms with Crippen LogP contribution in [0.15, 0.2) is 18.2 Å². The lowest BCUT2D eigenvalue weighted by Gasteiger charge is -2.04. The van der Waals surface area contributed by atoms with Crippen molar-refractivity contribution in [1.82, 2.24) is 0 Å². The molecule has 0 heterocycles. The number of benzene rings is 1. The van der Waals surface area contributed by atoms with Crippen molar-refractivity contribution < 1.29 is 24.2 Å². The fourth-order valence-corrected chi connectivity index (χ4v) is 1.45. The van der Waals surface area contributed by atoms with Crippen LogP contribution >= 0.6 is 0 Å². The molecule has 0 aliphatic carbocycles. The predicted octanol–water partition coefficient (Wildman–Crippen LogP) is 1.41. The number of Topliss-reactive ketones (excluding diaryl/α,β-unsaturated/α-hetero) is 2. The van der Waals surface area contributed by atoms with Crippen molar-refractivity contribution in [3.05, 3.63) is 29.3 Å². The van der Waals surface area contributed by atoms with Crippen LogP contribution in [0, 0.1) is 6.92 Å². The summed E-state index contributed by atoms with van der Waals surface area (Å²) in [5, 5.41) is 9.58. The van der Waals surface area contributed by atoms with E-state index >= 15 is 0 Å². The van der Waals surface area contributed by atoms with Crippen LogP contribution in [0.2, 0.25) is 0 Å². The number of carbonyl (C=O) groups is 3. The molecule has 0 atom stereocenters. The van der Waals surface area contributed by atoms with Gasteiger partial charge in [0.1, 0.15) is 12.2 Å². The van der Waals surface area contributed by atoms with Gasteiger partial charge >= 0.3 is 5.97 Å². The molecule has 1 aromatic carbocycles. The van der Waals surface area contributed by atoms with Crippen LogP contribution in [0.3, 0.4) is 0 Å². The molecule has 0 aliphatic rings. The summed E-state index contributed by atoms with van der Waals surface area (Å²) in [6, 6.07) is 4.56. The molecule has 0 amide bonds. The van der Waals surface area contributed by atoms with Gasteiger partial charge in [-0.25, -0.2) is 0 Å². The predicted molar refractivity (Wildman–Crippen MR) is 63.4 cm³/mol. The number of hydrogen-bond donors (Lipinski definition) is 1. The van der Waals surface area contributed by atoms with Crippen molar-refractivity contribution in [2.24, 2.45) is 0 Å². The number of ketones is 2. The van der Waals surface area contributed by atoms with E-state index in [-0.39, 0.29) is 11.3 Å². The molecule has 0 radical (unpaired) electrons. The third-order valence-corrected chi connectivity index (χ3v) is 2.38. The smallest absolute Gasteiger partial charge is 0.313 e. The Morgan fingerprint density at radius 3 is 2.44 bits per heavy atom. The van der Waals surface area contributed by atoms with E-state index in [4.69, 9.17) is 0 Å². The third kappa shape index (κ3) is 3.69. The fourth-order valence-electron chi connectivity index (χ4n) is 1.45. The molecular weight excluding hydrogens is 236 g/mol. The highest BCUT2D eigenvalue weighted by Crippen LogP contribution is 2.20. The molecule has 18 heavy (non-hydrogen) atoms. The highest BCUT2D eigenvalue weighted by atomic mass is 16.5. The van der Waals surface area contributed by atoms with Crippen LogP contribution in [0.1, 0.15) is 28.8 Å². The minimum atomic E-state index is -0.680. The van der Waals surface area contributed by atoms with Gasteiger partial charge in [-0.1, -0.05) is 6.07 Å². The standard InChI is InChI=1S/C13H14O5/c1-8-3-4-10(11(15)5-8)12(16)6-9(14)7-13(17)18-2/h3-5,15H,6-7H2,1-2H3. The summed E-state index contributed by atoms with van der Waals surface area (Å²) in [6.07, 6.45) is -0.861. The van der Waals surface area contributed by atoms with Crippen LogP contribution in [0.5, 0.6) is 5.75 Å². The quantitative estimate of drug-likeness (QED) is 0.485. The van der Waals surface area contributed by atoms with E-state index in [1.54, 1.807) is 13.0 Å². The summed E-state index contributed by atoms with van der Waals surface area (Å²) >= 11 is 0. The molecule has 0 aliphatic heterocycles. The summed E-state index contributed by atoms with van der Waals surface area (Å²) in [5.74, 6) is -1.89. The zero-order valence-electron chi connectivity index (χ0n) is 10.2. The molecular formula is C13H14O5. The summed E-state index contributed by atoms with van der Waals surface area (Å²) < 4.78 is 4.33. The van der Waals surface area contributed by atoms with Crippen molar-refractivity contribution in [3.8, 4) is 5.75 Å². The molecule has 1 rings (SSSR count). The van der Waals surface area contributed by atoms with Gasteiger partial charge in [0.05, 0.1) is 19.1 Å². The first-order valence-electron chi connectivity index (χ1n) is 5.35. The number of aromatic hydroxyl groups is 1. The molecule has 0 unspecified atom stereocenters. The van der Waals surface area contributed by atoms with Gasteiger partial charge in [-0.05, 0) is 24.6 Å². The van der Waals surface area contributed by atoms with Crippen molar-refractivity contribution in [2.45, 2.75) is 19.8 Å². The average Bonchev–Trinajstić information content (AvgIpc) is 2.28. The second-order valence-corrected chi connectivity index (χ2v) is 3.91. The fraction of sp³-hybridized carbons (Fsp3) is 0.308. The van der Waals surface area contributed by atoms with E-state index < -0.39 is 30.4 Å². The average molecular weight is 250 g/mol. The molecule has 5 heteroatoms. The molecule has 0 spiro atoms. The highest BCUT2D eigenvalue weighted by Gasteiger charge is 2.17. The maximum Gasteiger partial charge on any atom is 0.313 e. The number of phenols is 1. The van der Waals surface area contributed by atoms with Gasteiger partial charge in [0.2, 0.25) is 0 Å². The summed E-state index contributed by atoms with van der Waals surface area (Å²) in [5.41, 5.74) is 0.892. The van der Waals surface area contributed by atoms with Gasteiger partial charge in [0.15, 0.2) is 11.6 Å². The van der Waals surface area contributed by atoms with Crippen LogP contribution in [-0.4, -0.2) is 29.8 Å². The molecule has 0 bridgehead atoms. The number of methoxy groups -OCH3 is 1. The maximum absolute atomic E-state index is 11.7. The maximum atomic E-state index is 11.7. The van der Waals surface area contributed by atoms with E-state index in [1.807, 2.05) is 0 Å². The second-order valence-electron chi connectivity index (χ2n) is 3.91. The minimum absolute atomic E-state index is 0.0822. The van der Waals surface area contributed by atoms with E-state index in [1.165, 1.54) is 19.2 Å². The first kappa shape index (κ1) is 13.9. The normalized spacial score (nSPS) is 9.89. The van der Waals surface area contributed by atoms with Gasteiger partial charge in [0.25, 0.3) is 0 Å². The SMILES string of the molecule is COC(=O)CC(=O)CC(=O)c1ccc(C)cc1O. The lowest BCUT2D eigenvalue weighted by Crippen LogP contribution is -2.13. The number of hydrogen-bond acceptors (Lipinski definition) is 5. The Hall–Kier alpha value is -2.17. The number of ether oxygens (including phenoxy) is 1. The number of carbonyl (C=O) groups excluding carboxylic acids is 3. The number of aryl methyl sites for hydroxylation is 1. The van der Waals surface area contributed by atoms with Crippen LogP contribution < -0.4 is 0 Å². The van der Waals surface area contributed by atoms with Gasteiger partial charge in [-0.3, -0.25) is 14.4 Å². The van der Waals surface area contributed by atoms with E-state index in [9.17, 15) is 19.5 Å². The molecule has 5 nitrogen and oxygen atoms in total. The first-order valence-corrected chi connectivity index (χ1v) is 5.35. The van der Waals surface area contributed by atoms with Crippen LogP contribution in [0.4, 0.5) is 0 Å². The minimum Gasteiger partial charge on any atom is -0.507 e. The molecule has 0 fully saturated rings. The Morgan fingerprint density at radius 1 is 1.22 bits per heavy atom. The summed E-state index contributed by atoms with van der Waals surface area (Å²) in [4.78, 5) is 33.9. The van der Waals surface area contributed by atoms with Gasteiger partial charge in [0, 0.05) is 0 Å². The molecule has 0 saturated carbocycles. The first-order chi connectivity index (χ1) is 8.43. The largest absolute Gasteiger partial charge is 0.507 e. The van der Waals surface area contributed by atoms with Crippen molar-refractivity contribution >= 4 is 17.5 Å². The lowest BCUT2D eigenvalue weighted by molar-refractivity contribution is -0.143. The molecule has 0 aromatic heterocycles. The van der Waals surface area contributed by atoms with Gasteiger partial charge in [-0.2, -0.15) is 0 Å². The Balaban J connectivity index is 2.71. The molecule has 1 aromatic rings. The third-order valence-electron chi connectivity index (χ3n) is 2.38. The zero-order valence-corrected chi connectivity index (χ0v) is 10.2. The molecule has 1 N–H and O–H groups in total. The lowest BCUT2D eigenvalue weighted by atomic mass is 10.0. The Morgan fingerprint density at radius 2 is 1.89 bits per heavy atom. The van der Waals surface area contributed by atoms with E-state index in [0.717, 1.165) is 5.56 Å². The molecule has 96 valence electrons. The highest BCUT2D eigenvalue weighted by molar-refractivity contribution is 6.12. The summed E-state index contributed by atoms with van der Waals surface area (Å²) in [7, 11) is 1.17. The van der Waals surface area contributed by atoms with Crippen molar-refractivity contribution in [2.75, 3.05) is 7.11 Å². The number of esters is 1. The topological polar surface area (TPSA) is 80.7 Å². The Bertz CT molecular complexity index is 490. The number of rotatable bonds is 5. The summed E-state index contributed by atoms with van der Waals surface area (Å²) in [6.45, 7) is 1.77. The second kappa shape index (κ2) is 5.95. The van der Waals surface area contributed by atoms with Crippen molar-refractivity contribution in [3.63, 3.8) is 0 Å².